The molecule has 0 fully saturated rings. The number of carbonyl (C=O) groups is 4. The number of carbonyl (C=O) groups excluding carboxylic acids is 4. The van der Waals surface area contributed by atoms with Gasteiger partial charge in [0, 0.05) is 19.4 Å². The molecule has 0 heterocycles. The number of Topliss-reactive ketones (excluding diaryl/α,β-unsaturated/α-hetero) is 1. The Kier molecular flexibility index (Phi) is 9.54. The molecule has 164 valence electrons. The molecule has 0 aliphatic carbocycles. The molecule has 2 aromatic carbocycles. The number of ether oxygens (including phenoxy) is 2. The van der Waals surface area contributed by atoms with Crippen molar-refractivity contribution in [3.63, 3.8) is 0 Å². The van der Waals surface area contributed by atoms with Crippen LogP contribution in [-0.2, 0) is 32.3 Å². The summed E-state index contributed by atoms with van der Waals surface area (Å²) in [5.74, 6) is -1.23. The second kappa shape index (κ2) is 12.6. The third-order valence-electron chi connectivity index (χ3n) is 4.17. The van der Waals surface area contributed by atoms with Gasteiger partial charge in [-0.05, 0) is 11.1 Å². The van der Waals surface area contributed by atoms with Crippen LogP contribution in [0.4, 0.5) is 9.59 Å². The molecule has 0 unspecified atom stereocenters. The van der Waals surface area contributed by atoms with Crippen molar-refractivity contribution in [3.05, 3.63) is 71.8 Å². The SMILES string of the molecule is NC(=O)[C@H](CC(=O)CCNC(=O)OCc1ccccc1)NC(=O)OCc1ccccc1. The monoisotopic (exact) mass is 427 g/mol. The lowest BCUT2D eigenvalue weighted by Crippen LogP contribution is -2.46. The van der Waals surface area contributed by atoms with Crippen molar-refractivity contribution in [1.29, 1.82) is 0 Å². The van der Waals surface area contributed by atoms with Crippen molar-refractivity contribution in [2.75, 3.05) is 6.54 Å². The highest BCUT2D eigenvalue weighted by Gasteiger charge is 2.22. The van der Waals surface area contributed by atoms with Crippen LogP contribution in [0.2, 0.25) is 0 Å². The van der Waals surface area contributed by atoms with E-state index in [9.17, 15) is 19.2 Å². The number of amides is 3. The van der Waals surface area contributed by atoms with E-state index in [0.29, 0.717) is 0 Å². The summed E-state index contributed by atoms with van der Waals surface area (Å²) in [6.07, 6.45) is -1.88. The minimum Gasteiger partial charge on any atom is -0.445 e. The molecule has 0 aliphatic rings. The van der Waals surface area contributed by atoms with Crippen LogP contribution in [0.1, 0.15) is 24.0 Å². The van der Waals surface area contributed by atoms with E-state index in [1.165, 1.54) is 0 Å². The lowest BCUT2D eigenvalue weighted by atomic mass is 10.1. The zero-order valence-corrected chi connectivity index (χ0v) is 16.9. The molecule has 0 aliphatic heterocycles. The maximum Gasteiger partial charge on any atom is 0.408 e. The lowest BCUT2D eigenvalue weighted by molar-refractivity contribution is -0.125. The molecule has 2 aromatic rings. The number of nitrogens with one attached hydrogen (secondary N) is 2. The number of primary amides is 1. The van der Waals surface area contributed by atoms with E-state index in [2.05, 4.69) is 10.6 Å². The van der Waals surface area contributed by atoms with Gasteiger partial charge in [-0.2, -0.15) is 0 Å². The van der Waals surface area contributed by atoms with E-state index >= 15 is 0 Å². The van der Waals surface area contributed by atoms with Gasteiger partial charge >= 0.3 is 12.2 Å². The first-order valence-electron chi connectivity index (χ1n) is 9.67. The fourth-order valence-electron chi connectivity index (χ4n) is 2.54. The highest BCUT2D eigenvalue weighted by molar-refractivity contribution is 5.90. The molecule has 0 saturated heterocycles. The summed E-state index contributed by atoms with van der Waals surface area (Å²) in [4.78, 5) is 47.2. The Labute approximate surface area is 179 Å². The van der Waals surface area contributed by atoms with E-state index in [1.54, 1.807) is 24.3 Å². The molecule has 0 aromatic heterocycles. The van der Waals surface area contributed by atoms with Crippen LogP contribution >= 0.6 is 0 Å². The predicted octanol–water partition coefficient (Wildman–Crippen LogP) is 2.04. The van der Waals surface area contributed by atoms with Crippen LogP contribution in [-0.4, -0.2) is 36.5 Å². The van der Waals surface area contributed by atoms with Crippen molar-refractivity contribution in [1.82, 2.24) is 10.6 Å². The van der Waals surface area contributed by atoms with Gasteiger partial charge in [-0.15, -0.1) is 0 Å². The van der Waals surface area contributed by atoms with Crippen molar-refractivity contribution >= 4 is 23.9 Å². The first kappa shape index (κ1) is 23.4. The fourth-order valence-corrected chi connectivity index (χ4v) is 2.54. The minimum atomic E-state index is -1.21. The zero-order chi connectivity index (χ0) is 22.5. The molecular weight excluding hydrogens is 402 g/mol. The topological polar surface area (TPSA) is 137 Å². The summed E-state index contributed by atoms with van der Waals surface area (Å²) < 4.78 is 10.1. The number of benzene rings is 2. The molecule has 0 spiro atoms. The largest absolute Gasteiger partial charge is 0.445 e. The average Bonchev–Trinajstić information content (AvgIpc) is 2.77. The number of rotatable bonds is 11. The Hall–Kier alpha value is -3.88. The Balaban J connectivity index is 1.67. The molecule has 9 heteroatoms. The second-order valence-corrected chi connectivity index (χ2v) is 6.64. The third kappa shape index (κ3) is 9.44. The van der Waals surface area contributed by atoms with E-state index in [-0.39, 0.29) is 38.4 Å². The van der Waals surface area contributed by atoms with Crippen LogP contribution in [0.3, 0.4) is 0 Å². The van der Waals surface area contributed by atoms with Crippen molar-refractivity contribution < 1.29 is 28.7 Å². The van der Waals surface area contributed by atoms with Gasteiger partial charge in [0.25, 0.3) is 0 Å². The summed E-state index contributed by atoms with van der Waals surface area (Å²) in [6.45, 7) is 0.150. The van der Waals surface area contributed by atoms with E-state index < -0.39 is 24.1 Å². The Morgan fingerprint density at radius 2 is 1.32 bits per heavy atom. The first-order chi connectivity index (χ1) is 14.9. The van der Waals surface area contributed by atoms with E-state index in [1.807, 2.05) is 36.4 Å². The Morgan fingerprint density at radius 1 is 0.806 bits per heavy atom. The Bertz CT molecular complexity index is 873. The predicted molar refractivity (Wildman–Crippen MR) is 112 cm³/mol. The van der Waals surface area contributed by atoms with E-state index in [4.69, 9.17) is 15.2 Å². The summed E-state index contributed by atoms with van der Waals surface area (Å²) >= 11 is 0. The van der Waals surface area contributed by atoms with E-state index in [0.717, 1.165) is 11.1 Å². The van der Waals surface area contributed by atoms with Gasteiger partial charge in [0.15, 0.2) is 0 Å². The highest BCUT2D eigenvalue weighted by Crippen LogP contribution is 2.03. The molecule has 9 nitrogen and oxygen atoms in total. The summed E-state index contributed by atoms with van der Waals surface area (Å²) in [5.41, 5.74) is 6.87. The fraction of sp³-hybridized carbons (Fsp3) is 0.273. The van der Waals surface area contributed by atoms with Gasteiger partial charge in [-0.25, -0.2) is 9.59 Å². The number of hydrogen-bond donors (Lipinski definition) is 3. The minimum absolute atomic E-state index is 0.0150. The second-order valence-electron chi connectivity index (χ2n) is 6.64. The van der Waals surface area contributed by atoms with Crippen molar-refractivity contribution in [2.24, 2.45) is 5.73 Å². The Morgan fingerprint density at radius 3 is 1.84 bits per heavy atom. The van der Waals surface area contributed by atoms with Crippen LogP contribution in [0, 0.1) is 0 Å². The maximum absolute atomic E-state index is 12.1. The molecule has 0 radical (unpaired) electrons. The van der Waals surface area contributed by atoms with Gasteiger partial charge in [0.1, 0.15) is 25.0 Å². The summed E-state index contributed by atoms with van der Waals surface area (Å²) in [6, 6.07) is 16.9. The maximum atomic E-state index is 12.1. The molecule has 0 saturated carbocycles. The smallest absolute Gasteiger partial charge is 0.408 e. The lowest BCUT2D eigenvalue weighted by Gasteiger charge is -2.15. The van der Waals surface area contributed by atoms with Gasteiger partial charge in [-0.3, -0.25) is 9.59 Å². The summed E-state index contributed by atoms with van der Waals surface area (Å²) in [7, 11) is 0. The number of nitrogens with two attached hydrogens (primary N) is 1. The molecule has 3 amide bonds. The average molecular weight is 427 g/mol. The normalized spacial score (nSPS) is 11.1. The molecule has 31 heavy (non-hydrogen) atoms. The van der Waals surface area contributed by atoms with Crippen LogP contribution in [0.15, 0.2) is 60.7 Å². The highest BCUT2D eigenvalue weighted by atomic mass is 16.6. The molecule has 1 atom stereocenters. The zero-order valence-electron chi connectivity index (χ0n) is 16.9. The quantitative estimate of drug-likeness (QED) is 0.502. The van der Waals surface area contributed by atoms with Crippen LogP contribution < -0.4 is 16.4 Å². The standard InChI is InChI=1S/C22H25N3O6/c23-20(27)19(25-22(29)31-15-17-9-5-2-6-10-17)13-18(26)11-12-24-21(28)30-14-16-7-3-1-4-8-16/h1-10,19H,11-15H2,(H2,23,27)(H,24,28)(H,25,29)/t19-/m0/s1. The van der Waals surface area contributed by atoms with Gasteiger partial charge in [0.05, 0.1) is 0 Å². The van der Waals surface area contributed by atoms with Crippen LogP contribution in [0.25, 0.3) is 0 Å². The molecule has 2 rings (SSSR count). The number of alkyl carbamates (subject to hydrolysis) is 2. The third-order valence-corrected chi connectivity index (χ3v) is 4.17. The first-order valence-corrected chi connectivity index (χ1v) is 9.67. The van der Waals surface area contributed by atoms with Crippen molar-refractivity contribution in [2.45, 2.75) is 32.1 Å². The number of hydrogen-bond acceptors (Lipinski definition) is 6. The van der Waals surface area contributed by atoms with Crippen molar-refractivity contribution in [3.8, 4) is 0 Å². The van der Waals surface area contributed by atoms with Gasteiger partial charge in [0.2, 0.25) is 5.91 Å². The van der Waals surface area contributed by atoms with Gasteiger partial charge in [-0.1, -0.05) is 60.7 Å². The number of ketones is 1. The van der Waals surface area contributed by atoms with Gasteiger partial charge < -0.3 is 25.8 Å². The molecule has 0 bridgehead atoms. The van der Waals surface area contributed by atoms with Crippen LogP contribution in [0.5, 0.6) is 0 Å². The molecule has 4 N–H and O–H groups in total. The molecular formula is C22H25N3O6. The summed E-state index contributed by atoms with van der Waals surface area (Å²) in [5, 5.41) is 4.74.